The van der Waals surface area contributed by atoms with Crippen LogP contribution in [-0.2, 0) is 4.79 Å². The minimum absolute atomic E-state index is 0.376. The van der Waals surface area contributed by atoms with Crippen molar-refractivity contribution in [1.29, 1.82) is 0 Å². The summed E-state index contributed by atoms with van der Waals surface area (Å²) >= 11 is 1.71. The number of carbonyl (C=O) groups is 1. The fourth-order valence-electron chi connectivity index (χ4n) is 2.11. The quantitative estimate of drug-likeness (QED) is 0.762. The van der Waals surface area contributed by atoms with E-state index >= 15 is 0 Å². The summed E-state index contributed by atoms with van der Waals surface area (Å²) < 4.78 is 0. The lowest BCUT2D eigenvalue weighted by molar-refractivity contribution is -0.117. The molecule has 2 aromatic rings. The Kier molecular flexibility index (Phi) is 2.81. The Morgan fingerprint density at radius 3 is 2.94 bits per heavy atom. The van der Waals surface area contributed by atoms with Crippen LogP contribution in [0, 0.1) is 0 Å². The highest BCUT2D eigenvalue weighted by Crippen LogP contribution is 2.34. The second kappa shape index (κ2) is 4.45. The smallest absolute Gasteiger partial charge is 0.134 e. The molecule has 0 bridgehead atoms. The Balaban J connectivity index is 1.92. The predicted octanol–water partition coefficient (Wildman–Crippen LogP) is 2.84. The van der Waals surface area contributed by atoms with Gasteiger partial charge in [0, 0.05) is 23.5 Å². The number of nitrogens with zero attached hydrogens (tertiary/aromatic N) is 2. The monoisotopic (exact) mass is 244 g/mol. The van der Waals surface area contributed by atoms with Crippen LogP contribution < -0.4 is 0 Å². The number of ketones is 1. The fraction of sp³-hybridized carbons (Fsp3) is 0.308. The predicted molar refractivity (Wildman–Crippen MR) is 68.0 cm³/mol. The highest BCUT2D eigenvalue weighted by molar-refractivity contribution is 8.00. The number of benzene rings is 1. The van der Waals surface area contributed by atoms with Crippen molar-refractivity contribution in [2.45, 2.75) is 29.5 Å². The van der Waals surface area contributed by atoms with Crippen molar-refractivity contribution >= 4 is 28.4 Å². The van der Waals surface area contributed by atoms with Gasteiger partial charge in [0.05, 0.1) is 5.52 Å². The van der Waals surface area contributed by atoms with Gasteiger partial charge in [0.1, 0.15) is 17.1 Å². The topological polar surface area (TPSA) is 42.9 Å². The molecule has 0 saturated heterocycles. The minimum Gasteiger partial charge on any atom is -0.300 e. The summed E-state index contributed by atoms with van der Waals surface area (Å²) in [5.41, 5.74) is 0.967. The van der Waals surface area contributed by atoms with E-state index < -0.39 is 0 Å². The average molecular weight is 244 g/mol. The molecule has 1 aliphatic rings. The molecule has 1 aliphatic carbocycles. The van der Waals surface area contributed by atoms with Crippen LogP contribution in [0.25, 0.3) is 10.9 Å². The van der Waals surface area contributed by atoms with Crippen LogP contribution in [0.1, 0.15) is 19.3 Å². The molecule has 1 atom stereocenters. The lowest BCUT2D eigenvalue weighted by Crippen LogP contribution is -1.98. The third-order valence-corrected chi connectivity index (χ3v) is 4.27. The summed E-state index contributed by atoms with van der Waals surface area (Å²) in [6.45, 7) is 0. The Bertz CT molecular complexity index is 565. The van der Waals surface area contributed by atoms with Crippen molar-refractivity contribution < 1.29 is 4.79 Å². The lowest BCUT2D eigenvalue weighted by atomic mass is 10.2. The number of fused-ring (bicyclic) bond motifs is 1. The summed E-state index contributed by atoms with van der Waals surface area (Å²) in [7, 11) is 0. The number of carbonyl (C=O) groups excluding carboxylic acids is 1. The number of aromatic nitrogens is 2. The van der Waals surface area contributed by atoms with Gasteiger partial charge < -0.3 is 0 Å². The molecule has 0 N–H and O–H groups in total. The van der Waals surface area contributed by atoms with Crippen molar-refractivity contribution in [3.8, 4) is 0 Å². The van der Waals surface area contributed by atoms with Gasteiger partial charge in [-0.2, -0.15) is 0 Å². The molecule has 1 fully saturated rings. The van der Waals surface area contributed by atoms with E-state index in [1.54, 1.807) is 18.1 Å². The van der Waals surface area contributed by atoms with Crippen LogP contribution in [0.4, 0.5) is 0 Å². The highest BCUT2D eigenvalue weighted by Gasteiger charge is 2.23. The summed E-state index contributed by atoms with van der Waals surface area (Å²) in [5.74, 6) is 0.376. The standard InChI is InChI=1S/C13H12N2OS/c16-9-5-6-10(7-9)17-13-11-3-1-2-4-12(11)14-8-15-13/h1-4,8,10H,5-7H2. The summed E-state index contributed by atoms with van der Waals surface area (Å²) in [4.78, 5) is 19.8. The van der Waals surface area contributed by atoms with Crippen LogP contribution in [-0.4, -0.2) is 21.0 Å². The van der Waals surface area contributed by atoms with Crippen molar-refractivity contribution in [3.63, 3.8) is 0 Å². The molecular formula is C13H12N2OS. The number of rotatable bonds is 2. The van der Waals surface area contributed by atoms with Gasteiger partial charge >= 0.3 is 0 Å². The molecule has 1 unspecified atom stereocenters. The molecule has 3 nitrogen and oxygen atoms in total. The van der Waals surface area contributed by atoms with Gasteiger partial charge in [0.25, 0.3) is 0 Å². The first-order valence-corrected chi connectivity index (χ1v) is 6.59. The van der Waals surface area contributed by atoms with Crippen LogP contribution in [0.3, 0.4) is 0 Å². The SMILES string of the molecule is O=C1CCC(Sc2ncnc3ccccc23)C1. The van der Waals surface area contributed by atoms with E-state index in [9.17, 15) is 4.79 Å². The normalized spacial score (nSPS) is 20.0. The molecule has 17 heavy (non-hydrogen) atoms. The number of thioether (sulfide) groups is 1. The Hall–Kier alpha value is -1.42. The second-order valence-corrected chi connectivity index (χ2v) is 5.51. The number of hydrogen-bond acceptors (Lipinski definition) is 4. The van der Waals surface area contributed by atoms with Crippen LogP contribution in [0.5, 0.6) is 0 Å². The third kappa shape index (κ3) is 2.17. The average Bonchev–Trinajstić information content (AvgIpc) is 2.75. The van der Waals surface area contributed by atoms with Crippen LogP contribution in [0.2, 0.25) is 0 Å². The molecule has 1 saturated carbocycles. The van der Waals surface area contributed by atoms with E-state index in [1.807, 2.05) is 24.3 Å². The molecular weight excluding hydrogens is 232 g/mol. The zero-order chi connectivity index (χ0) is 11.7. The van der Waals surface area contributed by atoms with Gasteiger partial charge in [-0.05, 0) is 12.5 Å². The van der Waals surface area contributed by atoms with Gasteiger partial charge in [0.2, 0.25) is 0 Å². The summed E-state index contributed by atoms with van der Waals surface area (Å²) in [5, 5.41) is 2.47. The molecule has 3 rings (SSSR count). The maximum Gasteiger partial charge on any atom is 0.134 e. The largest absolute Gasteiger partial charge is 0.300 e. The molecule has 0 aliphatic heterocycles. The minimum atomic E-state index is 0.376. The summed E-state index contributed by atoms with van der Waals surface area (Å²) in [6, 6.07) is 7.99. The zero-order valence-corrected chi connectivity index (χ0v) is 10.1. The lowest BCUT2D eigenvalue weighted by Gasteiger charge is -2.08. The molecule has 1 aromatic carbocycles. The van der Waals surface area contributed by atoms with Crippen LogP contribution in [0.15, 0.2) is 35.6 Å². The molecule has 0 amide bonds. The van der Waals surface area contributed by atoms with E-state index in [1.165, 1.54) is 0 Å². The molecule has 0 radical (unpaired) electrons. The summed E-state index contributed by atoms with van der Waals surface area (Å²) in [6.07, 6.45) is 3.98. The second-order valence-electron chi connectivity index (χ2n) is 4.22. The van der Waals surface area contributed by atoms with E-state index in [-0.39, 0.29) is 0 Å². The Morgan fingerprint density at radius 1 is 1.24 bits per heavy atom. The van der Waals surface area contributed by atoms with Gasteiger partial charge in [-0.3, -0.25) is 4.79 Å². The first-order valence-electron chi connectivity index (χ1n) is 5.71. The molecule has 4 heteroatoms. The zero-order valence-electron chi connectivity index (χ0n) is 9.30. The van der Waals surface area contributed by atoms with Crippen LogP contribution >= 0.6 is 11.8 Å². The first kappa shape index (κ1) is 10.7. The maximum absolute atomic E-state index is 11.3. The maximum atomic E-state index is 11.3. The van der Waals surface area contributed by atoms with Gasteiger partial charge in [-0.15, -0.1) is 11.8 Å². The third-order valence-electron chi connectivity index (χ3n) is 2.99. The fourth-order valence-corrected chi connectivity index (χ4v) is 3.34. The van der Waals surface area contributed by atoms with Crippen molar-refractivity contribution in [1.82, 2.24) is 9.97 Å². The van der Waals surface area contributed by atoms with E-state index in [2.05, 4.69) is 9.97 Å². The Labute approximate surface area is 104 Å². The van der Waals surface area contributed by atoms with Gasteiger partial charge in [-0.25, -0.2) is 9.97 Å². The number of hydrogen-bond donors (Lipinski definition) is 0. The van der Waals surface area contributed by atoms with E-state index in [4.69, 9.17) is 0 Å². The number of para-hydroxylation sites is 1. The van der Waals surface area contributed by atoms with Crippen molar-refractivity contribution in [2.24, 2.45) is 0 Å². The van der Waals surface area contributed by atoms with Gasteiger partial charge in [-0.1, -0.05) is 18.2 Å². The molecule has 1 aromatic heterocycles. The van der Waals surface area contributed by atoms with Crippen molar-refractivity contribution in [2.75, 3.05) is 0 Å². The molecule has 1 heterocycles. The number of Topliss-reactive ketones (excluding diaryl/α,β-unsaturated/α-hetero) is 1. The van der Waals surface area contributed by atoms with Gasteiger partial charge in [0.15, 0.2) is 0 Å². The highest BCUT2D eigenvalue weighted by atomic mass is 32.2. The molecule has 86 valence electrons. The Morgan fingerprint density at radius 2 is 2.12 bits per heavy atom. The molecule has 0 spiro atoms. The van der Waals surface area contributed by atoms with E-state index in [0.717, 1.165) is 28.8 Å². The first-order chi connectivity index (χ1) is 8.33. The van der Waals surface area contributed by atoms with Crippen molar-refractivity contribution in [3.05, 3.63) is 30.6 Å². The van der Waals surface area contributed by atoms with E-state index in [0.29, 0.717) is 17.5 Å².